The van der Waals surface area contributed by atoms with Crippen molar-refractivity contribution in [1.82, 2.24) is 10.6 Å². The molecule has 5 nitrogen and oxygen atoms in total. The monoisotopic (exact) mass is 200 g/mol. The second kappa shape index (κ2) is 4.95. The molecule has 0 aliphatic carbocycles. The van der Waals surface area contributed by atoms with Gasteiger partial charge in [0, 0.05) is 13.1 Å². The first-order valence-electron chi connectivity index (χ1n) is 4.80. The van der Waals surface area contributed by atoms with Gasteiger partial charge in [-0.1, -0.05) is 0 Å². The van der Waals surface area contributed by atoms with Crippen molar-refractivity contribution in [3.63, 3.8) is 0 Å². The average molecular weight is 200 g/mol. The van der Waals surface area contributed by atoms with Crippen LogP contribution in [0.1, 0.15) is 20.3 Å². The molecule has 0 radical (unpaired) electrons. The maximum absolute atomic E-state index is 11.2. The van der Waals surface area contributed by atoms with Gasteiger partial charge in [0.2, 0.25) is 5.91 Å². The summed E-state index contributed by atoms with van der Waals surface area (Å²) >= 11 is 0. The van der Waals surface area contributed by atoms with Crippen molar-refractivity contribution in [2.24, 2.45) is 0 Å². The minimum Gasteiger partial charge on any atom is -0.463 e. The smallest absolute Gasteiger partial charge is 0.308 e. The predicted molar refractivity (Wildman–Crippen MR) is 50.6 cm³/mol. The van der Waals surface area contributed by atoms with E-state index < -0.39 is 6.04 Å². The fraction of sp³-hybridized carbons (Fsp3) is 0.778. The van der Waals surface area contributed by atoms with Gasteiger partial charge in [0.25, 0.3) is 0 Å². The molecule has 0 aromatic heterocycles. The number of hydrogen-bond donors (Lipinski definition) is 2. The number of amides is 1. The summed E-state index contributed by atoms with van der Waals surface area (Å²) in [5.74, 6) is -0.466. The van der Waals surface area contributed by atoms with Crippen molar-refractivity contribution < 1.29 is 14.3 Å². The quantitative estimate of drug-likeness (QED) is 0.598. The summed E-state index contributed by atoms with van der Waals surface area (Å²) in [4.78, 5) is 22.5. The highest BCUT2D eigenvalue weighted by molar-refractivity contribution is 5.87. The standard InChI is InChI=1S/C9H16N2O3/c1-6(2)14-8(12)5-7-9(13)11-4-3-10-7/h6-7,10H,3-5H2,1-2H3,(H,11,13). The molecule has 0 aromatic rings. The summed E-state index contributed by atoms with van der Waals surface area (Å²) < 4.78 is 4.94. The number of nitrogens with one attached hydrogen (secondary N) is 2. The summed E-state index contributed by atoms with van der Waals surface area (Å²) in [6, 6.07) is -0.435. The van der Waals surface area contributed by atoms with E-state index in [-0.39, 0.29) is 24.4 Å². The van der Waals surface area contributed by atoms with Gasteiger partial charge in [-0.2, -0.15) is 0 Å². The molecule has 1 fully saturated rings. The molecule has 1 saturated heterocycles. The summed E-state index contributed by atoms with van der Waals surface area (Å²) in [6.45, 7) is 4.89. The van der Waals surface area contributed by atoms with Crippen LogP contribution in [0.3, 0.4) is 0 Å². The van der Waals surface area contributed by atoms with Crippen LogP contribution < -0.4 is 10.6 Å². The Hall–Kier alpha value is -1.10. The van der Waals surface area contributed by atoms with Crippen LogP contribution in [0.25, 0.3) is 0 Å². The molecule has 0 saturated carbocycles. The number of ether oxygens (including phenoxy) is 1. The predicted octanol–water partition coefficient (Wildman–Crippen LogP) is -0.584. The van der Waals surface area contributed by atoms with Crippen LogP contribution in [0.4, 0.5) is 0 Å². The first kappa shape index (κ1) is 11.0. The van der Waals surface area contributed by atoms with E-state index in [0.717, 1.165) is 0 Å². The maximum atomic E-state index is 11.2. The van der Waals surface area contributed by atoms with Crippen molar-refractivity contribution >= 4 is 11.9 Å². The Morgan fingerprint density at radius 1 is 1.57 bits per heavy atom. The molecule has 1 unspecified atom stereocenters. The Kier molecular flexibility index (Phi) is 3.88. The highest BCUT2D eigenvalue weighted by Crippen LogP contribution is 2.00. The molecule has 0 bridgehead atoms. The van der Waals surface area contributed by atoms with Crippen LogP contribution in [0.5, 0.6) is 0 Å². The minimum absolute atomic E-state index is 0.101. The number of esters is 1. The van der Waals surface area contributed by atoms with Crippen molar-refractivity contribution in [3.8, 4) is 0 Å². The third kappa shape index (κ3) is 3.33. The van der Waals surface area contributed by atoms with E-state index in [4.69, 9.17) is 4.74 Å². The van der Waals surface area contributed by atoms with Crippen LogP contribution in [-0.2, 0) is 14.3 Å². The first-order valence-corrected chi connectivity index (χ1v) is 4.80. The van der Waals surface area contributed by atoms with Gasteiger partial charge in [0.05, 0.1) is 18.6 Å². The Morgan fingerprint density at radius 2 is 2.29 bits per heavy atom. The number of carbonyl (C=O) groups excluding carboxylic acids is 2. The lowest BCUT2D eigenvalue weighted by atomic mass is 10.1. The van der Waals surface area contributed by atoms with Crippen molar-refractivity contribution in [3.05, 3.63) is 0 Å². The maximum Gasteiger partial charge on any atom is 0.308 e. The molecular formula is C9H16N2O3. The van der Waals surface area contributed by atoms with Crippen molar-refractivity contribution in [2.75, 3.05) is 13.1 Å². The Morgan fingerprint density at radius 3 is 2.86 bits per heavy atom. The van der Waals surface area contributed by atoms with Crippen LogP contribution in [-0.4, -0.2) is 37.1 Å². The molecular weight excluding hydrogens is 184 g/mol. The fourth-order valence-electron chi connectivity index (χ4n) is 1.29. The van der Waals surface area contributed by atoms with Crippen LogP contribution >= 0.6 is 0 Å². The third-order valence-electron chi connectivity index (χ3n) is 1.87. The summed E-state index contributed by atoms with van der Waals surface area (Å²) in [7, 11) is 0. The average Bonchev–Trinajstić information content (AvgIpc) is 2.07. The number of hydrogen-bond acceptors (Lipinski definition) is 4. The lowest BCUT2D eigenvalue weighted by molar-refractivity contribution is -0.149. The first-order chi connectivity index (χ1) is 6.59. The molecule has 5 heteroatoms. The minimum atomic E-state index is -0.435. The highest BCUT2D eigenvalue weighted by Gasteiger charge is 2.24. The van der Waals surface area contributed by atoms with E-state index in [0.29, 0.717) is 13.1 Å². The van der Waals surface area contributed by atoms with Gasteiger partial charge >= 0.3 is 5.97 Å². The van der Waals surface area contributed by atoms with E-state index in [1.165, 1.54) is 0 Å². The molecule has 80 valence electrons. The van der Waals surface area contributed by atoms with Crippen LogP contribution in [0.15, 0.2) is 0 Å². The number of piperazine rings is 1. The fourth-order valence-corrected chi connectivity index (χ4v) is 1.29. The van der Waals surface area contributed by atoms with Gasteiger partial charge in [-0.15, -0.1) is 0 Å². The zero-order valence-corrected chi connectivity index (χ0v) is 8.50. The largest absolute Gasteiger partial charge is 0.463 e. The summed E-state index contributed by atoms with van der Waals surface area (Å²) in [6.07, 6.45) is -0.0292. The van der Waals surface area contributed by atoms with Gasteiger partial charge in [-0.3, -0.25) is 9.59 Å². The van der Waals surface area contributed by atoms with E-state index in [1.54, 1.807) is 13.8 Å². The van der Waals surface area contributed by atoms with Gasteiger partial charge in [0.15, 0.2) is 0 Å². The Labute approximate surface area is 83.2 Å². The lowest BCUT2D eigenvalue weighted by Crippen LogP contribution is -2.53. The number of carbonyl (C=O) groups is 2. The zero-order chi connectivity index (χ0) is 10.6. The van der Waals surface area contributed by atoms with E-state index in [1.807, 2.05) is 0 Å². The van der Waals surface area contributed by atoms with Crippen molar-refractivity contribution in [2.45, 2.75) is 32.4 Å². The molecule has 14 heavy (non-hydrogen) atoms. The van der Waals surface area contributed by atoms with Gasteiger partial charge in [-0.25, -0.2) is 0 Å². The molecule has 1 aliphatic rings. The normalized spacial score (nSPS) is 21.9. The molecule has 1 heterocycles. The topological polar surface area (TPSA) is 67.4 Å². The lowest BCUT2D eigenvalue weighted by Gasteiger charge is -2.22. The second-order valence-corrected chi connectivity index (χ2v) is 3.54. The molecule has 1 amide bonds. The number of rotatable bonds is 3. The van der Waals surface area contributed by atoms with Gasteiger partial charge in [0.1, 0.15) is 0 Å². The Bertz CT molecular complexity index is 228. The molecule has 1 aliphatic heterocycles. The molecule has 0 aromatic carbocycles. The summed E-state index contributed by atoms with van der Waals surface area (Å²) in [5, 5.41) is 5.64. The second-order valence-electron chi connectivity index (χ2n) is 3.54. The van der Waals surface area contributed by atoms with E-state index in [9.17, 15) is 9.59 Å². The highest BCUT2D eigenvalue weighted by atomic mass is 16.5. The summed E-state index contributed by atoms with van der Waals surface area (Å²) in [5.41, 5.74) is 0. The van der Waals surface area contributed by atoms with E-state index in [2.05, 4.69) is 10.6 Å². The van der Waals surface area contributed by atoms with Crippen molar-refractivity contribution in [1.29, 1.82) is 0 Å². The van der Waals surface area contributed by atoms with Gasteiger partial charge < -0.3 is 15.4 Å². The third-order valence-corrected chi connectivity index (χ3v) is 1.87. The van der Waals surface area contributed by atoms with Crippen LogP contribution in [0.2, 0.25) is 0 Å². The molecule has 2 N–H and O–H groups in total. The van der Waals surface area contributed by atoms with Crippen LogP contribution in [0, 0.1) is 0 Å². The van der Waals surface area contributed by atoms with E-state index >= 15 is 0 Å². The molecule has 0 spiro atoms. The Balaban J connectivity index is 2.34. The zero-order valence-electron chi connectivity index (χ0n) is 8.50. The van der Waals surface area contributed by atoms with Gasteiger partial charge in [-0.05, 0) is 13.8 Å². The molecule has 1 atom stereocenters. The molecule has 1 rings (SSSR count). The SMILES string of the molecule is CC(C)OC(=O)CC1NCCNC1=O.